The summed E-state index contributed by atoms with van der Waals surface area (Å²) in [5, 5.41) is 20.1. The van der Waals surface area contributed by atoms with Crippen molar-refractivity contribution in [1.29, 1.82) is 0 Å². The molecule has 463 valence electrons. The number of likely N-dealkylation sites (tertiary alicyclic amines) is 1. The molecule has 0 saturated carbocycles. The minimum atomic E-state index is -1.27. The number of amides is 4. The first-order valence-corrected chi connectivity index (χ1v) is 31.8. The van der Waals surface area contributed by atoms with Gasteiger partial charge in [0.15, 0.2) is 5.82 Å². The van der Waals surface area contributed by atoms with Gasteiger partial charge in [-0.15, -0.1) is 17.8 Å². The number of carbonyl (C=O) groups excluding carboxylic acids is 4. The van der Waals surface area contributed by atoms with Crippen LogP contribution in [0.4, 0.5) is 14.6 Å². The Morgan fingerprint density at radius 2 is 1.69 bits per heavy atom. The standard InChI is InChI=1S/C65H76F2N11O8SSi/c1-7-47-50(66)17-14-42-30-46(79)31-48(53(42)47)55-54(67)56-49(33-68-55)59(76-34-43-15-16-44(35-76)71-43)74-62(73-56)86-37-64-21-8-24-77(64)45(18-23-64)36-75(6)52(81)20-27-85-29-28-84-26-19-51(80)72-58(63(3,4)5)60(82)78-25-9-22-65(78,88)61(83)69-32-40-10-12-41(13-11-40)57-39(2)70-38-87-57/h1,10-14,17,30-31,33,38,43-45,58,71,79H,8-9,15-16,18-29,32,34-37H2,2-6H3,(H,69,83)(H,72,80)/t43?,44?,45-,58+,64+,65+/m0/s1. The van der Waals surface area contributed by atoms with Gasteiger partial charge in [0.05, 0.1) is 75.7 Å². The van der Waals surface area contributed by atoms with Crippen LogP contribution in [0.15, 0.2) is 60.2 Å². The Balaban J connectivity index is 0.639. The first-order chi connectivity index (χ1) is 42.2. The Bertz CT molecular complexity index is 3650. The van der Waals surface area contributed by atoms with E-state index in [1.807, 2.05) is 57.5 Å². The summed E-state index contributed by atoms with van der Waals surface area (Å²) in [5.74, 6) is 0.226. The SMILES string of the molecule is C#Cc1c(F)ccc2cc(O)cc(-c3ncc4c(N5CC6CCC(C5)N6)nc(OC[C@]56CCCN5[C@H](CN(C)C(=O)CCOCCOCCC(=O)N[C@H](C(=O)N5CCC[C@@]5([Si])C(=O)NCc5ccc(-c7scnc7C)cc5)C(C)(C)C)CC6)nc4c3F)c12. The molecular formula is C65H76F2N11O8SSi. The van der Waals surface area contributed by atoms with Gasteiger partial charge < -0.3 is 50.0 Å². The minimum absolute atomic E-state index is 0.00449. The highest BCUT2D eigenvalue weighted by atomic mass is 32.1. The highest BCUT2D eigenvalue weighted by molar-refractivity contribution is 7.13. The fourth-order valence-corrected chi connectivity index (χ4v) is 14.9. The summed E-state index contributed by atoms with van der Waals surface area (Å²) in [6.45, 7) is 11.8. The molecule has 2 unspecified atom stereocenters. The fraction of sp³-hybridized carbons (Fsp3) is 0.508. The summed E-state index contributed by atoms with van der Waals surface area (Å²) in [6.07, 6.45) is 14.0. The van der Waals surface area contributed by atoms with Crippen LogP contribution >= 0.6 is 11.3 Å². The maximum Gasteiger partial charge on any atom is 0.319 e. The average Bonchev–Trinajstić information content (AvgIpc) is 1.53. The van der Waals surface area contributed by atoms with Crippen LogP contribution in [0.3, 0.4) is 0 Å². The van der Waals surface area contributed by atoms with Crippen molar-refractivity contribution >= 4 is 72.7 Å². The van der Waals surface area contributed by atoms with Gasteiger partial charge in [0, 0.05) is 81.5 Å². The summed E-state index contributed by atoms with van der Waals surface area (Å²) >= 11 is 1.58. The van der Waals surface area contributed by atoms with Crippen molar-refractivity contribution in [3.05, 3.63) is 88.7 Å². The molecule has 2 bridgehead atoms. The molecule has 88 heavy (non-hydrogen) atoms. The van der Waals surface area contributed by atoms with Gasteiger partial charge in [0.25, 0.3) is 0 Å². The third-order valence-electron chi connectivity index (χ3n) is 18.2. The van der Waals surface area contributed by atoms with Gasteiger partial charge in [-0.1, -0.05) is 57.0 Å². The van der Waals surface area contributed by atoms with Gasteiger partial charge in [0.1, 0.15) is 46.4 Å². The van der Waals surface area contributed by atoms with E-state index in [4.69, 9.17) is 30.6 Å². The molecular weight excluding hydrogens is 1160 g/mol. The summed E-state index contributed by atoms with van der Waals surface area (Å²) in [6, 6.07) is 13.1. The molecule has 19 nitrogen and oxygen atoms in total. The van der Waals surface area contributed by atoms with Crippen molar-refractivity contribution in [2.75, 3.05) is 77.7 Å². The Hall–Kier alpha value is -7.20. The van der Waals surface area contributed by atoms with Crippen molar-refractivity contribution in [1.82, 2.24) is 50.6 Å². The molecule has 4 amide bonds. The van der Waals surface area contributed by atoms with E-state index in [2.05, 4.69) is 51.9 Å². The number of hydrogen-bond acceptors (Lipinski definition) is 16. The number of aryl methyl sites for hydroxylation is 1. The van der Waals surface area contributed by atoms with Crippen LogP contribution in [-0.4, -0.2) is 181 Å². The van der Waals surface area contributed by atoms with Gasteiger partial charge in [-0.3, -0.25) is 29.1 Å². The number of ether oxygens (including phenoxy) is 3. The lowest BCUT2D eigenvalue weighted by molar-refractivity contribution is -0.145. The van der Waals surface area contributed by atoms with Crippen LogP contribution in [0.25, 0.3) is 43.4 Å². The number of hydrogen-bond donors (Lipinski definition) is 4. The van der Waals surface area contributed by atoms with Gasteiger partial charge in [-0.2, -0.15) is 9.97 Å². The Labute approximate surface area is 519 Å². The van der Waals surface area contributed by atoms with Crippen LogP contribution < -0.4 is 25.6 Å². The molecule has 5 aliphatic heterocycles. The van der Waals surface area contributed by atoms with E-state index in [-0.39, 0.29) is 139 Å². The van der Waals surface area contributed by atoms with Gasteiger partial charge in [0.2, 0.25) is 23.6 Å². The summed E-state index contributed by atoms with van der Waals surface area (Å²) in [7, 11) is 5.53. The number of nitrogens with zero attached hydrogens (tertiary/aromatic N) is 8. The largest absolute Gasteiger partial charge is 0.508 e. The molecule has 8 heterocycles. The number of phenolic OH excluding ortho intramolecular Hbond substituents is 1. The highest BCUT2D eigenvalue weighted by Gasteiger charge is 2.51. The molecule has 6 atom stereocenters. The predicted octanol–water partition coefficient (Wildman–Crippen LogP) is 7.16. The number of carbonyl (C=O) groups is 4. The zero-order valence-electron chi connectivity index (χ0n) is 50.6. The quantitative estimate of drug-likeness (QED) is 0.0301. The number of nitrogens with one attached hydrogen (secondary N) is 3. The summed E-state index contributed by atoms with van der Waals surface area (Å²) in [5.41, 5.74) is 3.64. The number of piperazine rings is 1. The number of aromatic hydroxyl groups is 1. The summed E-state index contributed by atoms with van der Waals surface area (Å²) < 4.78 is 50.5. The van der Waals surface area contributed by atoms with Crippen LogP contribution in [0, 0.1) is 36.3 Å². The van der Waals surface area contributed by atoms with Crippen molar-refractivity contribution in [3.8, 4) is 45.8 Å². The molecule has 5 fully saturated rings. The second-order valence-electron chi connectivity index (χ2n) is 25.2. The average molecular weight is 1240 g/mol. The van der Waals surface area contributed by atoms with E-state index in [9.17, 15) is 24.3 Å². The number of likely N-dealkylation sites (N-methyl/N-ethyl adjacent to an activating group) is 1. The number of halogens is 2. The number of benzene rings is 3. The third-order valence-corrected chi connectivity index (χ3v) is 19.9. The molecule has 11 rings (SSSR count). The Morgan fingerprint density at radius 3 is 2.41 bits per heavy atom. The van der Waals surface area contributed by atoms with Crippen LogP contribution in [0.2, 0.25) is 0 Å². The molecule has 3 aromatic carbocycles. The fourth-order valence-electron chi connectivity index (χ4n) is 13.6. The van der Waals surface area contributed by atoms with E-state index >= 15 is 8.78 Å². The second-order valence-corrected chi connectivity index (χ2v) is 26.9. The topological polar surface area (TPSA) is 217 Å². The Kier molecular flexibility index (Phi) is 18.5. The van der Waals surface area contributed by atoms with E-state index in [0.717, 1.165) is 66.8 Å². The number of thiazole rings is 1. The maximum atomic E-state index is 17.3. The van der Waals surface area contributed by atoms with Crippen molar-refractivity contribution in [2.24, 2.45) is 5.41 Å². The van der Waals surface area contributed by atoms with Gasteiger partial charge in [-0.05, 0) is 105 Å². The summed E-state index contributed by atoms with van der Waals surface area (Å²) in [4.78, 5) is 82.4. The molecule has 3 radical (unpaired) electrons. The van der Waals surface area contributed by atoms with Crippen molar-refractivity contribution in [2.45, 2.75) is 133 Å². The molecule has 0 spiro atoms. The number of aromatic nitrogens is 4. The smallest absolute Gasteiger partial charge is 0.319 e. The predicted molar refractivity (Wildman–Crippen MR) is 333 cm³/mol. The van der Waals surface area contributed by atoms with Crippen molar-refractivity contribution in [3.63, 3.8) is 0 Å². The molecule has 5 saturated heterocycles. The minimum Gasteiger partial charge on any atom is -0.508 e. The van der Waals surface area contributed by atoms with Crippen LogP contribution in [-0.2, 0) is 35.2 Å². The lowest BCUT2D eigenvalue weighted by atomic mass is 9.85. The molecule has 23 heteroatoms. The normalized spacial score (nSPS) is 22.1. The zero-order chi connectivity index (χ0) is 62.1. The maximum absolute atomic E-state index is 17.3. The van der Waals surface area contributed by atoms with E-state index in [0.29, 0.717) is 55.6 Å². The van der Waals surface area contributed by atoms with E-state index in [1.54, 1.807) is 23.3 Å². The number of rotatable bonds is 22. The van der Waals surface area contributed by atoms with Crippen LogP contribution in [0.5, 0.6) is 11.8 Å². The number of pyridine rings is 1. The molecule has 4 N–H and O–H groups in total. The number of phenols is 1. The first kappa shape index (κ1) is 62.4. The lowest BCUT2D eigenvalue weighted by Gasteiger charge is -2.40. The monoisotopic (exact) mass is 1240 g/mol. The van der Waals surface area contributed by atoms with E-state index < -0.39 is 28.3 Å². The molecule has 6 aromatic rings. The first-order valence-electron chi connectivity index (χ1n) is 30.5. The van der Waals surface area contributed by atoms with E-state index in [1.165, 1.54) is 35.4 Å². The zero-order valence-corrected chi connectivity index (χ0v) is 52.4. The number of fused-ring (bicyclic) bond motifs is 5. The Morgan fingerprint density at radius 1 is 0.955 bits per heavy atom. The van der Waals surface area contributed by atoms with Gasteiger partial charge >= 0.3 is 6.01 Å². The lowest BCUT2D eigenvalue weighted by Crippen LogP contribution is -2.63. The number of anilines is 1. The molecule has 5 aliphatic rings. The van der Waals surface area contributed by atoms with Crippen molar-refractivity contribution < 1.29 is 47.3 Å². The molecule has 3 aromatic heterocycles. The highest BCUT2D eigenvalue weighted by Crippen LogP contribution is 2.44. The van der Waals surface area contributed by atoms with Gasteiger partial charge in [-0.25, -0.2) is 13.8 Å². The second kappa shape index (κ2) is 26.1. The number of terminal acetylenes is 1. The third kappa shape index (κ3) is 13.0. The van der Waals surface area contributed by atoms with Crippen LogP contribution in [0.1, 0.15) is 102 Å². The molecule has 0 aliphatic carbocycles.